The van der Waals surface area contributed by atoms with Crippen molar-refractivity contribution in [2.45, 2.75) is 58.1 Å². The standard InChI is InChI=1S/C13H23N3OS/c1-12(2,3)14-8-6-10-15-16-11(18-10)13(4)7-5-9-17-13/h14H,5-9H2,1-4H3. The van der Waals surface area contributed by atoms with Gasteiger partial charge in [-0.1, -0.05) is 11.3 Å². The van der Waals surface area contributed by atoms with E-state index >= 15 is 0 Å². The fourth-order valence-corrected chi connectivity index (χ4v) is 3.03. The first-order valence-electron chi connectivity index (χ1n) is 6.61. The molecule has 1 atom stereocenters. The fourth-order valence-electron chi connectivity index (χ4n) is 2.06. The lowest BCUT2D eigenvalue weighted by Crippen LogP contribution is -2.37. The molecule has 1 fully saturated rings. The zero-order chi connectivity index (χ0) is 13.2. The average Bonchev–Trinajstić information content (AvgIpc) is 2.86. The van der Waals surface area contributed by atoms with E-state index in [4.69, 9.17) is 4.74 Å². The molecule has 0 aliphatic carbocycles. The molecule has 102 valence electrons. The number of hydrogen-bond acceptors (Lipinski definition) is 5. The second-order valence-electron chi connectivity index (χ2n) is 6.11. The summed E-state index contributed by atoms with van der Waals surface area (Å²) in [5.74, 6) is 0. The van der Waals surface area contributed by atoms with Crippen LogP contribution in [0.2, 0.25) is 0 Å². The molecule has 1 N–H and O–H groups in total. The smallest absolute Gasteiger partial charge is 0.149 e. The molecule has 0 amide bonds. The van der Waals surface area contributed by atoms with E-state index in [0.29, 0.717) is 0 Å². The van der Waals surface area contributed by atoms with Crippen molar-refractivity contribution in [3.05, 3.63) is 10.0 Å². The molecule has 1 aliphatic rings. The molecule has 2 heterocycles. The molecule has 0 saturated carbocycles. The van der Waals surface area contributed by atoms with Gasteiger partial charge in [0.05, 0.1) is 0 Å². The molecule has 0 spiro atoms. The summed E-state index contributed by atoms with van der Waals surface area (Å²) in [6.07, 6.45) is 3.11. The van der Waals surface area contributed by atoms with E-state index in [0.717, 1.165) is 42.4 Å². The van der Waals surface area contributed by atoms with Crippen LogP contribution in [0.5, 0.6) is 0 Å². The molecule has 0 bridgehead atoms. The van der Waals surface area contributed by atoms with Gasteiger partial charge in [0.25, 0.3) is 0 Å². The minimum Gasteiger partial charge on any atom is -0.368 e. The first kappa shape index (κ1) is 13.9. The fraction of sp³-hybridized carbons (Fsp3) is 0.846. The summed E-state index contributed by atoms with van der Waals surface area (Å²) in [6, 6.07) is 0. The molecule has 1 saturated heterocycles. The molecule has 0 aromatic carbocycles. The van der Waals surface area contributed by atoms with Crippen molar-refractivity contribution in [1.29, 1.82) is 0 Å². The molecule has 5 heteroatoms. The topological polar surface area (TPSA) is 47.0 Å². The average molecular weight is 269 g/mol. The van der Waals surface area contributed by atoms with Crippen LogP contribution in [0.4, 0.5) is 0 Å². The van der Waals surface area contributed by atoms with Crippen molar-refractivity contribution in [2.24, 2.45) is 0 Å². The number of ether oxygens (including phenoxy) is 1. The van der Waals surface area contributed by atoms with E-state index < -0.39 is 0 Å². The summed E-state index contributed by atoms with van der Waals surface area (Å²) in [5, 5.41) is 14.2. The molecular weight excluding hydrogens is 246 g/mol. The Morgan fingerprint density at radius 2 is 2.17 bits per heavy atom. The first-order valence-corrected chi connectivity index (χ1v) is 7.43. The Bertz CT molecular complexity index is 391. The van der Waals surface area contributed by atoms with E-state index in [-0.39, 0.29) is 11.1 Å². The molecule has 2 rings (SSSR count). The zero-order valence-corrected chi connectivity index (χ0v) is 12.6. The van der Waals surface area contributed by atoms with Crippen molar-refractivity contribution in [3.8, 4) is 0 Å². The van der Waals surface area contributed by atoms with Crippen molar-refractivity contribution in [1.82, 2.24) is 15.5 Å². The minimum absolute atomic E-state index is 0.161. The van der Waals surface area contributed by atoms with Crippen LogP contribution >= 0.6 is 11.3 Å². The molecule has 1 aromatic heterocycles. The van der Waals surface area contributed by atoms with Gasteiger partial charge in [-0.2, -0.15) is 0 Å². The number of rotatable bonds is 4. The van der Waals surface area contributed by atoms with E-state index in [1.807, 2.05) is 0 Å². The molecule has 1 aliphatic heterocycles. The van der Waals surface area contributed by atoms with Gasteiger partial charge in [-0.15, -0.1) is 10.2 Å². The maximum Gasteiger partial charge on any atom is 0.149 e. The summed E-state index contributed by atoms with van der Waals surface area (Å²) in [5.41, 5.74) is -0.0264. The summed E-state index contributed by atoms with van der Waals surface area (Å²) in [7, 11) is 0. The highest BCUT2D eigenvalue weighted by Gasteiger charge is 2.35. The summed E-state index contributed by atoms with van der Waals surface area (Å²) < 4.78 is 5.79. The number of aromatic nitrogens is 2. The third-order valence-corrected chi connectivity index (χ3v) is 4.36. The first-order chi connectivity index (χ1) is 8.39. The van der Waals surface area contributed by atoms with Gasteiger partial charge < -0.3 is 10.1 Å². The molecule has 1 unspecified atom stereocenters. The molecule has 0 radical (unpaired) electrons. The quantitative estimate of drug-likeness (QED) is 0.912. The van der Waals surface area contributed by atoms with Crippen LogP contribution in [0, 0.1) is 0 Å². The molecular formula is C13H23N3OS. The van der Waals surface area contributed by atoms with Crippen molar-refractivity contribution in [2.75, 3.05) is 13.2 Å². The van der Waals surface area contributed by atoms with Crippen molar-refractivity contribution in [3.63, 3.8) is 0 Å². The van der Waals surface area contributed by atoms with Crippen LogP contribution in [-0.4, -0.2) is 28.9 Å². The van der Waals surface area contributed by atoms with Crippen LogP contribution in [0.15, 0.2) is 0 Å². The van der Waals surface area contributed by atoms with Crippen LogP contribution in [-0.2, 0) is 16.8 Å². The second-order valence-corrected chi connectivity index (χ2v) is 7.17. The second kappa shape index (κ2) is 5.23. The van der Waals surface area contributed by atoms with Gasteiger partial charge in [0.15, 0.2) is 0 Å². The Kier molecular flexibility index (Phi) is 4.04. The van der Waals surface area contributed by atoms with E-state index in [2.05, 4.69) is 43.2 Å². The Morgan fingerprint density at radius 1 is 1.39 bits per heavy atom. The Balaban J connectivity index is 1.90. The van der Waals surface area contributed by atoms with Gasteiger partial charge in [-0.25, -0.2) is 0 Å². The van der Waals surface area contributed by atoms with Gasteiger partial charge in [-0.3, -0.25) is 0 Å². The summed E-state index contributed by atoms with van der Waals surface area (Å²) in [6.45, 7) is 10.4. The van der Waals surface area contributed by atoms with Crippen LogP contribution in [0.25, 0.3) is 0 Å². The van der Waals surface area contributed by atoms with E-state index in [9.17, 15) is 0 Å². The van der Waals surface area contributed by atoms with Crippen LogP contribution in [0.3, 0.4) is 0 Å². The highest BCUT2D eigenvalue weighted by atomic mass is 32.1. The van der Waals surface area contributed by atoms with Crippen molar-refractivity contribution >= 4 is 11.3 Å². The Hall–Kier alpha value is -0.520. The van der Waals surface area contributed by atoms with Crippen molar-refractivity contribution < 1.29 is 4.74 Å². The Morgan fingerprint density at radius 3 is 2.78 bits per heavy atom. The third kappa shape index (κ3) is 3.49. The van der Waals surface area contributed by atoms with Crippen LogP contribution in [0.1, 0.15) is 50.6 Å². The third-order valence-electron chi connectivity index (χ3n) is 3.13. The SMILES string of the molecule is CC(C)(C)NCCc1nnc(C2(C)CCCO2)s1. The van der Waals surface area contributed by atoms with E-state index in [1.165, 1.54) is 0 Å². The van der Waals surface area contributed by atoms with Gasteiger partial charge in [0.2, 0.25) is 0 Å². The number of hydrogen-bond donors (Lipinski definition) is 1. The normalized spacial score (nSPS) is 24.7. The monoisotopic (exact) mass is 269 g/mol. The van der Waals surface area contributed by atoms with Gasteiger partial charge >= 0.3 is 0 Å². The molecule has 1 aromatic rings. The number of nitrogens with zero attached hydrogens (tertiary/aromatic N) is 2. The Labute approximate surface area is 113 Å². The summed E-state index contributed by atoms with van der Waals surface area (Å²) in [4.78, 5) is 0. The minimum atomic E-state index is -0.187. The highest BCUT2D eigenvalue weighted by Crippen LogP contribution is 2.36. The van der Waals surface area contributed by atoms with Gasteiger partial charge in [-0.05, 0) is 40.5 Å². The predicted octanol–water partition coefficient (Wildman–Crippen LogP) is 2.49. The zero-order valence-electron chi connectivity index (χ0n) is 11.7. The van der Waals surface area contributed by atoms with Gasteiger partial charge in [0, 0.05) is 25.1 Å². The van der Waals surface area contributed by atoms with Gasteiger partial charge in [0.1, 0.15) is 15.6 Å². The predicted molar refractivity (Wildman–Crippen MR) is 73.9 cm³/mol. The van der Waals surface area contributed by atoms with E-state index in [1.54, 1.807) is 11.3 Å². The maximum atomic E-state index is 5.79. The largest absolute Gasteiger partial charge is 0.368 e. The van der Waals surface area contributed by atoms with Crippen LogP contribution < -0.4 is 5.32 Å². The summed E-state index contributed by atoms with van der Waals surface area (Å²) >= 11 is 1.69. The maximum absolute atomic E-state index is 5.79. The lowest BCUT2D eigenvalue weighted by Gasteiger charge is -2.20. The molecule has 4 nitrogen and oxygen atoms in total. The molecule has 18 heavy (non-hydrogen) atoms. The lowest BCUT2D eigenvalue weighted by molar-refractivity contribution is 0.0161. The lowest BCUT2D eigenvalue weighted by atomic mass is 10.0. The number of nitrogens with one attached hydrogen (secondary N) is 1. The highest BCUT2D eigenvalue weighted by molar-refractivity contribution is 7.11.